The number of nitrogens with zero attached hydrogens (tertiary/aromatic N) is 1. The van der Waals surface area contributed by atoms with E-state index in [1.165, 1.54) is 24.2 Å². The van der Waals surface area contributed by atoms with Gasteiger partial charge in [0, 0.05) is 12.1 Å². The van der Waals surface area contributed by atoms with Crippen LogP contribution < -0.4 is 5.32 Å². The van der Waals surface area contributed by atoms with Crippen LogP contribution in [0.15, 0.2) is 6.20 Å². The second-order valence-electron chi connectivity index (χ2n) is 4.05. The van der Waals surface area contributed by atoms with Gasteiger partial charge in [0.25, 0.3) is 0 Å². The second-order valence-corrected chi connectivity index (χ2v) is 5.79. The van der Waals surface area contributed by atoms with Crippen molar-refractivity contribution in [3.05, 3.63) is 15.5 Å². The van der Waals surface area contributed by atoms with E-state index in [0.717, 1.165) is 15.9 Å². The van der Waals surface area contributed by atoms with Crippen molar-refractivity contribution in [2.75, 3.05) is 0 Å². The van der Waals surface area contributed by atoms with Gasteiger partial charge in [-0.2, -0.15) is 0 Å². The van der Waals surface area contributed by atoms with Crippen LogP contribution in [0.25, 0.3) is 0 Å². The number of hydrogen-bond acceptors (Lipinski definition) is 3. The van der Waals surface area contributed by atoms with Crippen molar-refractivity contribution in [3.63, 3.8) is 0 Å². The maximum absolute atomic E-state index is 5.80. The van der Waals surface area contributed by atoms with E-state index in [9.17, 15) is 0 Å². The molecule has 0 saturated heterocycles. The molecule has 4 heteroatoms. The van der Waals surface area contributed by atoms with Crippen LogP contribution in [0.1, 0.15) is 38.6 Å². The molecule has 0 aliphatic heterocycles. The quantitative estimate of drug-likeness (QED) is 0.841. The third kappa shape index (κ3) is 3.95. The molecule has 0 bridgehead atoms. The van der Waals surface area contributed by atoms with Crippen molar-refractivity contribution in [1.29, 1.82) is 0 Å². The van der Waals surface area contributed by atoms with E-state index < -0.39 is 0 Å². The topological polar surface area (TPSA) is 24.9 Å². The molecular weight excluding hydrogens is 216 g/mol. The molecule has 1 aromatic heterocycles. The van der Waals surface area contributed by atoms with E-state index >= 15 is 0 Å². The molecule has 0 radical (unpaired) electrons. The maximum atomic E-state index is 5.80. The van der Waals surface area contributed by atoms with Crippen LogP contribution >= 0.6 is 22.9 Å². The van der Waals surface area contributed by atoms with Gasteiger partial charge in [-0.15, -0.1) is 11.3 Å². The van der Waals surface area contributed by atoms with E-state index in [1.807, 2.05) is 0 Å². The molecule has 0 spiro atoms. The monoisotopic (exact) mass is 232 g/mol. The third-order valence-electron chi connectivity index (χ3n) is 2.12. The Morgan fingerprint density at radius 2 is 2.29 bits per heavy atom. The Hall–Kier alpha value is -0.120. The highest BCUT2D eigenvalue weighted by Crippen LogP contribution is 2.19. The zero-order valence-electron chi connectivity index (χ0n) is 8.93. The Morgan fingerprint density at radius 1 is 1.57 bits per heavy atom. The molecule has 2 nitrogen and oxygen atoms in total. The minimum absolute atomic E-state index is 0.187. The lowest BCUT2D eigenvalue weighted by Crippen LogP contribution is -2.38. The van der Waals surface area contributed by atoms with Gasteiger partial charge in [0.1, 0.15) is 9.34 Å². The first-order chi connectivity index (χ1) is 6.53. The number of halogens is 1. The zero-order chi connectivity index (χ0) is 10.6. The normalized spacial score (nSPS) is 12.0. The smallest absolute Gasteiger partial charge is 0.113 e. The predicted molar refractivity (Wildman–Crippen MR) is 63.0 cm³/mol. The van der Waals surface area contributed by atoms with Gasteiger partial charge in [-0.3, -0.25) is 0 Å². The molecule has 1 rings (SSSR count). The lowest BCUT2D eigenvalue weighted by molar-refractivity contribution is 0.356. The minimum atomic E-state index is 0.187. The first kappa shape index (κ1) is 12.0. The van der Waals surface area contributed by atoms with Crippen molar-refractivity contribution in [3.8, 4) is 0 Å². The molecule has 1 heterocycles. The average molecular weight is 233 g/mol. The summed E-state index contributed by atoms with van der Waals surface area (Å²) in [4.78, 5) is 4.20. The fraction of sp³-hybridized carbons (Fsp3) is 0.700. The molecule has 80 valence electrons. The molecular formula is C10H17ClN2S. The summed E-state index contributed by atoms with van der Waals surface area (Å²) in [6.07, 6.45) is 4.07. The number of nitrogens with one attached hydrogen (secondary N) is 1. The Balaban J connectivity index is 2.40. The molecule has 1 N–H and O–H groups in total. The number of thiazole rings is 1. The van der Waals surface area contributed by atoms with Gasteiger partial charge in [0.2, 0.25) is 0 Å². The van der Waals surface area contributed by atoms with Gasteiger partial charge in [0.05, 0.1) is 6.20 Å². The first-order valence-corrected chi connectivity index (χ1v) is 6.08. The SMILES string of the molecule is CCCC(C)(C)NCc1ncc(Cl)s1. The van der Waals surface area contributed by atoms with Crippen LogP contribution in [0.5, 0.6) is 0 Å². The lowest BCUT2D eigenvalue weighted by atomic mass is 9.99. The summed E-state index contributed by atoms with van der Waals surface area (Å²) in [6.45, 7) is 7.44. The summed E-state index contributed by atoms with van der Waals surface area (Å²) < 4.78 is 0.759. The van der Waals surface area contributed by atoms with Crippen molar-refractivity contribution in [1.82, 2.24) is 10.3 Å². The highest BCUT2D eigenvalue weighted by Gasteiger charge is 2.15. The van der Waals surface area contributed by atoms with Gasteiger partial charge < -0.3 is 5.32 Å². The summed E-state index contributed by atoms with van der Waals surface area (Å²) in [5.74, 6) is 0. The largest absolute Gasteiger partial charge is 0.305 e. The molecule has 0 amide bonds. The number of aromatic nitrogens is 1. The molecule has 0 aromatic carbocycles. The average Bonchev–Trinajstić information content (AvgIpc) is 2.48. The van der Waals surface area contributed by atoms with Gasteiger partial charge in [-0.1, -0.05) is 24.9 Å². The van der Waals surface area contributed by atoms with Gasteiger partial charge >= 0.3 is 0 Å². The van der Waals surface area contributed by atoms with Gasteiger partial charge in [-0.05, 0) is 20.3 Å². The van der Waals surface area contributed by atoms with Crippen LogP contribution in [-0.2, 0) is 6.54 Å². The summed E-state index contributed by atoms with van der Waals surface area (Å²) >= 11 is 7.34. The molecule has 0 unspecified atom stereocenters. The Bertz CT molecular complexity index is 283. The van der Waals surface area contributed by atoms with Crippen LogP contribution in [0.2, 0.25) is 4.34 Å². The molecule has 0 atom stereocenters. The standard InChI is InChI=1S/C10H17ClN2S/c1-4-5-10(2,3)13-7-9-12-6-8(11)14-9/h6,13H,4-5,7H2,1-3H3. The highest BCUT2D eigenvalue weighted by atomic mass is 35.5. The van der Waals surface area contributed by atoms with E-state index in [0.29, 0.717) is 0 Å². The molecule has 0 fully saturated rings. The predicted octanol–water partition coefficient (Wildman–Crippen LogP) is 3.46. The van der Waals surface area contributed by atoms with E-state index in [-0.39, 0.29) is 5.54 Å². The van der Waals surface area contributed by atoms with Gasteiger partial charge in [-0.25, -0.2) is 4.98 Å². The fourth-order valence-corrected chi connectivity index (χ4v) is 2.29. The van der Waals surface area contributed by atoms with Gasteiger partial charge in [0.15, 0.2) is 0 Å². The minimum Gasteiger partial charge on any atom is -0.305 e. The Kier molecular flexibility index (Phi) is 4.35. The summed E-state index contributed by atoms with van der Waals surface area (Å²) in [6, 6.07) is 0. The maximum Gasteiger partial charge on any atom is 0.113 e. The lowest BCUT2D eigenvalue weighted by Gasteiger charge is -2.25. The van der Waals surface area contributed by atoms with Crippen LogP contribution in [0.4, 0.5) is 0 Å². The molecule has 0 saturated carbocycles. The fourth-order valence-electron chi connectivity index (χ4n) is 1.40. The Morgan fingerprint density at radius 3 is 2.79 bits per heavy atom. The van der Waals surface area contributed by atoms with Crippen molar-refractivity contribution in [2.24, 2.45) is 0 Å². The molecule has 14 heavy (non-hydrogen) atoms. The molecule has 0 aliphatic carbocycles. The second kappa shape index (κ2) is 5.10. The Labute approximate surface area is 94.7 Å². The van der Waals surface area contributed by atoms with E-state index in [4.69, 9.17) is 11.6 Å². The first-order valence-electron chi connectivity index (χ1n) is 4.89. The van der Waals surface area contributed by atoms with Crippen molar-refractivity contribution in [2.45, 2.75) is 45.7 Å². The van der Waals surface area contributed by atoms with E-state index in [1.54, 1.807) is 6.20 Å². The number of rotatable bonds is 5. The molecule has 1 aromatic rings. The number of hydrogen-bond donors (Lipinski definition) is 1. The van der Waals surface area contributed by atoms with Crippen LogP contribution in [0.3, 0.4) is 0 Å². The van der Waals surface area contributed by atoms with E-state index in [2.05, 4.69) is 31.1 Å². The van der Waals surface area contributed by atoms with Crippen molar-refractivity contribution < 1.29 is 0 Å². The van der Waals surface area contributed by atoms with Crippen LogP contribution in [-0.4, -0.2) is 10.5 Å². The summed E-state index contributed by atoms with van der Waals surface area (Å²) in [5, 5.41) is 4.53. The highest BCUT2D eigenvalue weighted by molar-refractivity contribution is 7.15. The zero-order valence-corrected chi connectivity index (χ0v) is 10.5. The summed E-state index contributed by atoms with van der Waals surface area (Å²) in [7, 11) is 0. The molecule has 0 aliphatic rings. The van der Waals surface area contributed by atoms with Crippen LogP contribution in [0, 0.1) is 0 Å². The third-order valence-corrected chi connectivity index (χ3v) is 3.23. The van der Waals surface area contributed by atoms with Crippen molar-refractivity contribution >= 4 is 22.9 Å². The summed E-state index contributed by atoms with van der Waals surface area (Å²) in [5.41, 5.74) is 0.187.